The summed E-state index contributed by atoms with van der Waals surface area (Å²) in [6, 6.07) is 14.4. The van der Waals surface area contributed by atoms with E-state index in [1.54, 1.807) is 36.4 Å². The fourth-order valence-electron chi connectivity index (χ4n) is 4.60. The molecule has 2 amide bonds. The Morgan fingerprint density at radius 1 is 0.868 bits per heavy atom. The molecule has 1 heterocycles. The van der Waals surface area contributed by atoms with Gasteiger partial charge in [-0.1, -0.05) is 54.6 Å². The number of aromatic nitrogens is 2. The average molecular weight is 551 g/mol. The number of carboxylic acids is 1. The number of nitrogens with zero attached hydrogens (tertiary/aromatic N) is 1. The van der Waals surface area contributed by atoms with Crippen LogP contribution < -0.4 is 10.6 Å². The molecular weight excluding hydrogens is 527 g/mol. The standard InChI is InChI=1S/C28H24Cl2N4O4/c29-20-13-23-24(14-21(20)30)33-25(32-23)15-6-8-16(9-7-15)26(35)34-22-11-10-17(12-19(22)28(37)38)27(36)31-18-4-2-1-3-5-18/h6-14,18H,1-5H2,(H,31,36)(H,32,33)(H,34,35)(H,37,38). The van der Waals surface area contributed by atoms with Crippen LogP contribution in [0.1, 0.15) is 63.2 Å². The molecule has 5 rings (SSSR count). The Labute approximate surface area is 228 Å². The normalized spacial score (nSPS) is 13.8. The lowest BCUT2D eigenvalue weighted by atomic mass is 9.95. The largest absolute Gasteiger partial charge is 0.478 e. The third-order valence-electron chi connectivity index (χ3n) is 6.65. The van der Waals surface area contributed by atoms with Gasteiger partial charge in [-0.15, -0.1) is 0 Å². The van der Waals surface area contributed by atoms with Crippen LogP contribution in [0.15, 0.2) is 54.6 Å². The number of benzene rings is 3. The number of hydrogen-bond acceptors (Lipinski definition) is 4. The predicted molar refractivity (Wildman–Crippen MR) is 147 cm³/mol. The van der Waals surface area contributed by atoms with E-state index < -0.39 is 11.9 Å². The van der Waals surface area contributed by atoms with Crippen LogP contribution in [0.2, 0.25) is 10.0 Å². The molecule has 38 heavy (non-hydrogen) atoms. The lowest BCUT2D eigenvalue weighted by Crippen LogP contribution is -2.36. The number of carbonyl (C=O) groups excluding carboxylic acids is 2. The summed E-state index contributed by atoms with van der Waals surface area (Å²) >= 11 is 12.2. The Morgan fingerprint density at radius 3 is 2.26 bits per heavy atom. The fraction of sp³-hybridized carbons (Fsp3) is 0.214. The first-order chi connectivity index (χ1) is 18.3. The van der Waals surface area contributed by atoms with E-state index in [2.05, 4.69) is 20.6 Å². The summed E-state index contributed by atoms with van der Waals surface area (Å²) in [5, 5.41) is 16.2. The first-order valence-corrected chi connectivity index (χ1v) is 13.0. The highest BCUT2D eigenvalue weighted by atomic mass is 35.5. The van der Waals surface area contributed by atoms with Crippen molar-refractivity contribution in [2.24, 2.45) is 0 Å². The van der Waals surface area contributed by atoms with Gasteiger partial charge in [0.15, 0.2) is 0 Å². The number of fused-ring (bicyclic) bond motifs is 1. The molecule has 1 aliphatic carbocycles. The maximum Gasteiger partial charge on any atom is 0.337 e. The maximum absolute atomic E-state index is 12.9. The Hall–Kier alpha value is -3.88. The van der Waals surface area contributed by atoms with Crippen molar-refractivity contribution < 1.29 is 19.5 Å². The van der Waals surface area contributed by atoms with Gasteiger partial charge in [0.2, 0.25) is 0 Å². The second-order valence-electron chi connectivity index (χ2n) is 9.27. The topological polar surface area (TPSA) is 124 Å². The van der Waals surface area contributed by atoms with Crippen molar-refractivity contribution in [3.8, 4) is 11.4 Å². The molecule has 4 N–H and O–H groups in total. The first-order valence-electron chi connectivity index (χ1n) is 12.2. The molecule has 0 radical (unpaired) electrons. The van der Waals surface area contributed by atoms with Crippen LogP contribution >= 0.6 is 23.2 Å². The third-order valence-corrected chi connectivity index (χ3v) is 7.37. The number of imidazole rings is 1. The number of carboxylic acid groups (broad SMARTS) is 1. The average Bonchev–Trinajstić information content (AvgIpc) is 3.32. The van der Waals surface area contributed by atoms with Crippen LogP contribution in [0.3, 0.4) is 0 Å². The molecule has 1 saturated carbocycles. The monoisotopic (exact) mass is 550 g/mol. The summed E-state index contributed by atoms with van der Waals surface area (Å²) < 4.78 is 0. The van der Waals surface area contributed by atoms with Gasteiger partial charge in [0.25, 0.3) is 11.8 Å². The van der Waals surface area contributed by atoms with Gasteiger partial charge in [0, 0.05) is 22.7 Å². The minimum atomic E-state index is -1.24. The Morgan fingerprint density at radius 2 is 1.55 bits per heavy atom. The van der Waals surface area contributed by atoms with Crippen LogP contribution in [0.25, 0.3) is 22.4 Å². The van der Waals surface area contributed by atoms with E-state index in [0.717, 1.165) is 43.2 Å². The highest BCUT2D eigenvalue weighted by Crippen LogP contribution is 2.29. The summed E-state index contributed by atoms with van der Waals surface area (Å²) in [7, 11) is 0. The molecule has 194 valence electrons. The summed E-state index contributed by atoms with van der Waals surface area (Å²) in [6.45, 7) is 0. The zero-order chi connectivity index (χ0) is 26.8. The lowest BCUT2D eigenvalue weighted by molar-refractivity contribution is 0.0698. The number of anilines is 1. The summed E-state index contributed by atoms with van der Waals surface area (Å²) in [4.78, 5) is 45.2. The zero-order valence-corrected chi connectivity index (χ0v) is 21.7. The molecule has 1 fully saturated rings. The van der Waals surface area contributed by atoms with Crippen molar-refractivity contribution in [1.29, 1.82) is 0 Å². The number of hydrogen-bond donors (Lipinski definition) is 4. The van der Waals surface area contributed by atoms with Gasteiger partial charge in [-0.05, 0) is 55.3 Å². The number of rotatable bonds is 6. The SMILES string of the molecule is O=C(Nc1ccc(C(=O)NC2CCCCC2)cc1C(=O)O)c1ccc(-c2nc3cc(Cl)c(Cl)cc3[nH]2)cc1. The number of halogens is 2. The fourth-order valence-corrected chi connectivity index (χ4v) is 4.92. The second-order valence-corrected chi connectivity index (χ2v) is 10.1. The van der Waals surface area contributed by atoms with Crippen LogP contribution in [0.5, 0.6) is 0 Å². The van der Waals surface area contributed by atoms with E-state index >= 15 is 0 Å². The smallest absolute Gasteiger partial charge is 0.337 e. The van der Waals surface area contributed by atoms with Crippen molar-refractivity contribution in [3.63, 3.8) is 0 Å². The van der Waals surface area contributed by atoms with Gasteiger partial charge < -0.3 is 20.7 Å². The third kappa shape index (κ3) is 5.51. The van der Waals surface area contributed by atoms with Gasteiger partial charge in [-0.3, -0.25) is 9.59 Å². The van der Waals surface area contributed by atoms with Crippen molar-refractivity contribution in [1.82, 2.24) is 15.3 Å². The van der Waals surface area contributed by atoms with Crippen molar-refractivity contribution >= 4 is 57.7 Å². The molecule has 10 heteroatoms. The first kappa shape index (κ1) is 25.8. The summed E-state index contributed by atoms with van der Waals surface area (Å²) in [5.74, 6) is -1.46. The van der Waals surface area contributed by atoms with Crippen LogP contribution in [-0.2, 0) is 0 Å². The number of aromatic amines is 1. The van der Waals surface area contributed by atoms with Crippen molar-refractivity contribution in [2.45, 2.75) is 38.1 Å². The molecule has 0 bridgehead atoms. The maximum atomic E-state index is 12.9. The van der Waals surface area contributed by atoms with E-state index in [9.17, 15) is 19.5 Å². The second kappa shape index (κ2) is 10.8. The highest BCUT2D eigenvalue weighted by Gasteiger charge is 2.20. The Balaban J connectivity index is 1.31. The van der Waals surface area contributed by atoms with Crippen LogP contribution in [-0.4, -0.2) is 38.9 Å². The molecular formula is C28H24Cl2N4O4. The predicted octanol–water partition coefficient (Wildman–Crippen LogP) is 6.55. The molecule has 0 unspecified atom stereocenters. The summed E-state index contributed by atoms with van der Waals surface area (Å²) in [5.41, 5.74) is 2.64. The Kier molecular flexibility index (Phi) is 7.35. The van der Waals surface area contributed by atoms with E-state index in [0.29, 0.717) is 26.9 Å². The van der Waals surface area contributed by atoms with Crippen molar-refractivity contribution in [3.05, 3.63) is 81.3 Å². The Bertz CT molecular complexity index is 1500. The zero-order valence-electron chi connectivity index (χ0n) is 20.2. The molecule has 0 spiro atoms. The molecule has 1 aromatic heterocycles. The van der Waals surface area contributed by atoms with Crippen molar-refractivity contribution in [2.75, 3.05) is 5.32 Å². The molecule has 0 saturated heterocycles. The minimum absolute atomic E-state index is 0.0991. The molecule has 8 nitrogen and oxygen atoms in total. The van der Waals surface area contributed by atoms with Crippen LogP contribution in [0, 0.1) is 0 Å². The van der Waals surface area contributed by atoms with E-state index in [1.165, 1.54) is 18.2 Å². The van der Waals surface area contributed by atoms with E-state index in [1.807, 2.05) is 0 Å². The van der Waals surface area contributed by atoms with Crippen LogP contribution in [0.4, 0.5) is 5.69 Å². The number of H-pyrrole nitrogens is 1. The lowest BCUT2D eigenvalue weighted by Gasteiger charge is -2.23. The number of carbonyl (C=O) groups is 3. The summed E-state index contributed by atoms with van der Waals surface area (Å²) in [6.07, 6.45) is 5.14. The molecule has 3 aromatic carbocycles. The number of amides is 2. The van der Waals surface area contributed by atoms with E-state index in [4.69, 9.17) is 23.2 Å². The number of nitrogens with one attached hydrogen (secondary N) is 3. The molecule has 0 aliphatic heterocycles. The number of aromatic carboxylic acids is 1. The van der Waals surface area contributed by atoms with E-state index in [-0.39, 0.29) is 28.8 Å². The van der Waals surface area contributed by atoms with Gasteiger partial charge in [0.1, 0.15) is 5.82 Å². The van der Waals surface area contributed by atoms with Gasteiger partial charge >= 0.3 is 5.97 Å². The van der Waals surface area contributed by atoms with Gasteiger partial charge in [-0.25, -0.2) is 9.78 Å². The van der Waals surface area contributed by atoms with Gasteiger partial charge in [0.05, 0.1) is 32.3 Å². The highest BCUT2D eigenvalue weighted by molar-refractivity contribution is 6.42. The van der Waals surface area contributed by atoms with Gasteiger partial charge in [-0.2, -0.15) is 0 Å². The molecule has 1 aliphatic rings. The molecule has 4 aromatic rings. The molecule has 0 atom stereocenters. The minimum Gasteiger partial charge on any atom is -0.478 e. The quantitative estimate of drug-likeness (QED) is 0.216.